The fourth-order valence-corrected chi connectivity index (χ4v) is 10.3. The molecule has 0 heterocycles. The normalized spacial score (nSPS) is 52.8. The average molecular weight is 425 g/mol. The van der Waals surface area contributed by atoms with E-state index >= 15 is 0 Å². The number of hydrogen-bond donors (Lipinski definition) is 0. The van der Waals surface area contributed by atoms with Crippen LogP contribution in [0.1, 0.15) is 120 Å². The van der Waals surface area contributed by atoms with Crippen LogP contribution in [-0.4, -0.2) is 5.78 Å². The van der Waals surface area contributed by atoms with E-state index in [-0.39, 0.29) is 5.41 Å². The van der Waals surface area contributed by atoms with E-state index in [1.807, 2.05) is 5.57 Å². The molecule has 1 heteroatoms. The molecule has 4 saturated carbocycles. The van der Waals surface area contributed by atoms with Gasteiger partial charge in [0.1, 0.15) is 5.78 Å². The summed E-state index contributed by atoms with van der Waals surface area (Å²) in [7, 11) is 0. The zero-order valence-electron chi connectivity index (χ0n) is 21.8. The Kier molecular flexibility index (Phi) is 4.51. The fraction of sp³-hybridized carbons (Fsp3) is 0.900. The van der Waals surface area contributed by atoms with E-state index in [0.717, 1.165) is 25.2 Å². The van der Waals surface area contributed by atoms with Gasteiger partial charge in [-0.05, 0) is 103 Å². The van der Waals surface area contributed by atoms with Gasteiger partial charge in [-0.1, -0.05) is 67.0 Å². The van der Waals surface area contributed by atoms with Gasteiger partial charge in [0.25, 0.3) is 0 Å². The minimum absolute atomic E-state index is 0.158. The Morgan fingerprint density at radius 3 is 2.19 bits per heavy atom. The van der Waals surface area contributed by atoms with Crippen molar-refractivity contribution in [3.05, 3.63) is 11.6 Å². The third-order valence-corrected chi connectivity index (χ3v) is 12.8. The average Bonchev–Trinajstić information content (AvgIpc) is 2.68. The molecule has 0 saturated heterocycles. The Hall–Kier alpha value is -0.590. The van der Waals surface area contributed by atoms with Gasteiger partial charge in [0.05, 0.1) is 0 Å². The lowest BCUT2D eigenvalue weighted by molar-refractivity contribution is -0.172. The third kappa shape index (κ3) is 2.70. The molecule has 0 aromatic rings. The molecule has 31 heavy (non-hydrogen) atoms. The molecule has 0 spiro atoms. The Morgan fingerprint density at radius 1 is 0.806 bits per heavy atom. The summed E-state index contributed by atoms with van der Waals surface area (Å²) in [6.07, 6.45) is 15.5. The first-order valence-corrected chi connectivity index (χ1v) is 13.4. The van der Waals surface area contributed by atoms with Crippen molar-refractivity contribution in [1.29, 1.82) is 0 Å². The lowest BCUT2D eigenvalue weighted by Gasteiger charge is -2.70. The van der Waals surface area contributed by atoms with Crippen LogP contribution in [0.3, 0.4) is 0 Å². The first kappa shape index (κ1) is 22.2. The maximum Gasteiger partial charge on any atom is 0.138 e. The van der Waals surface area contributed by atoms with Crippen LogP contribution in [0, 0.1) is 50.2 Å². The monoisotopic (exact) mass is 424 g/mol. The summed E-state index contributed by atoms with van der Waals surface area (Å²) >= 11 is 0. The van der Waals surface area contributed by atoms with E-state index in [1.54, 1.807) is 0 Å². The fourth-order valence-electron chi connectivity index (χ4n) is 10.3. The molecule has 0 aromatic heterocycles. The van der Waals surface area contributed by atoms with Gasteiger partial charge in [-0.2, -0.15) is 0 Å². The van der Waals surface area contributed by atoms with Gasteiger partial charge in [0.2, 0.25) is 0 Å². The second-order valence-corrected chi connectivity index (χ2v) is 15.0. The molecule has 0 bridgehead atoms. The summed E-state index contributed by atoms with van der Waals surface area (Å²) in [5, 5.41) is 0. The van der Waals surface area contributed by atoms with E-state index in [4.69, 9.17) is 0 Å². The highest BCUT2D eigenvalue weighted by molar-refractivity contribution is 5.85. The summed E-state index contributed by atoms with van der Waals surface area (Å²) < 4.78 is 0. The highest BCUT2D eigenvalue weighted by Gasteiger charge is 2.67. The van der Waals surface area contributed by atoms with Gasteiger partial charge < -0.3 is 0 Å². The molecule has 1 nitrogen and oxygen atoms in total. The van der Waals surface area contributed by atoms with E-state index < -0.39 is 0 Å². The van der Waals surface area contributed by atoms with Crippen molar-refractivity contribution in [1.82, 2.24) is 0 Å². The molecule has 0 aliphatic heterocycles. The summed E-state index contributed by atoms with van der Waals surface area (Å²) in [5.74, 6) is 2.57. The number of fused-ring (bicyclic) bond motifs is 7. The zero-order chi connectivity index (χ0) is 22.7. The standard InChI is InChI=1S/C30H48O/c1-25(2)15-16-27(5)17-18-29(7)21-9-10-22-26(3,4)24(31)12-13-28(22,6)20(21)11-14-30(29,8)23(27)19-25/h9,20,22-23H,10-19H2,1-8H3/t20-,22-,23+,27+,28+,29+,30-/m0/s1. The number of rotatable bonds is 0. The summed E-state index contributed by atoms with van der Waals surface area (Å²) in [5.41, 5.74) is 3.77. The topological polar surface area (TPSA) is 17.1 Å². The Balaban J connectivity index is 1.57. The predicted octanol–water partition coefficient (Wildman–Crippen LogP) is 8.38. The van der Waals surface area contributed by atoms with Crippen molar-refractivity contribution < 1.29 is 4.79 Å². The van der Waals surface area contributed by atoms with Crippen molar-refractivity contribution in [2.24, 2.45) is 50.2 Å². The third-order valence-electron chi connectivity index (χ3n) is 12.8. The molecule has 7 atom stereocenters. The van der Waals surface area contributed by atoms with Crippen LogP contribution in [0.25, 0.3) is 0 Å². The summed E-state index contributed by atoms with van der Waals surface area (Å²) in [6.45, 7) is 20.2. The first-order chi connectivity index (χ1) is 14.2. The van der Waals surface area contributed by atoms with E-state index in [2.05, 4.69) is 61.5 Å². The molecule has 174 valence electrons. The van der Waals surface area contributed by atoms with Crippen molar-refractivity contribution >= 4 is 5.78 Å². The van der Waals surface area contributed by atoms with Crippen LogP contribution < -0.4 is 0 Å². The van der Waals surface area contributed by atoms with Gasteiger partial charge in [-0.15, -0.1) is 0 Å². The molecule has 5 rings (SSSR count). The molecule has 5 aliphatic rings. The second-order valence-electron chi connectivity index (χ2n) is 15.0. The lowest BCUT2D eigenvalue weighted by Crippen LogP contribution is -2.63. The minimum Gasteiger partial charge on any atom is -0.299 e. The van der Waals surface area contributed by atoms with Gasteiger partial charge >= 0.3 is 0 Å². The molecule has 0 amide bonds. The number of hydrogen-bond acceptors (Lipinski definition) is 1. The largest absolute Gasteiger partial charge is 0.299 e. The van der Waals surface area contributed by atoms with Crippen molar-refractivity contribution in [3.8, 4) is 0 Å². The second kappa shape index (κ2) is 6.29. The van der Waals surface area contributed by atoms with Crippen LogP contribution in [0.5, 0.6) is 0 Å². The van der Waals surface area contributed by atoms with E-state index in [0.29, 0.717) is 44.7 Å². The quantitative estimate of drug-likeness (QED) is 0.357. The van der Waals surface area contributed by atoms with Crippen LogP contribution in [0.15, 0.2) is 11.6 Å². The summed E-state index contributed by atoms with van der Waals surface area (Å²) in [6, 6.07) is 0. The number of carbonyl (C=O) groups excluding carboxylic acids is 1. The molecule has 5 aliphatic carbocycles. The Labute approximate surface area is 192 Å². The number of allylic oxidation sites excluding steroid dienone is 2. The minimum atomic E-state index is -0.158. The van der Waals surface area contributed by atoms with E-state index in [1.165, 1.54) is 44.9 Å². The Morgan fingerprint density at radius 2 is 1.48 bits per heavy atom. The van der Waals surface area contributed by atoms with Gasteiger partial charge in [-0.25, -0.2) is 0 Å². The molecular formula is C30H48O. The van der Waals surface area contributed by atoms with Crippen LogP contribution in [-0.2, 0) is 4.79 Å². The highest BCUT2D eigenvalue weighted by atomic mass is 16.1. The van der Waals surface area contributed by atoms with Gasteiger partial charge in [-0.3, -0.25) is 4.79 Å². The van der Waals surface area contributed by atoms with Crippen LogP contribution in [0.4, 0.5) is 0 Å². The lowest BCUT2D eigenvalue weighted by atomic mass is 9.34. The molecule has 4 fully saturated rings. The maximum absolute atomic E-state index is 12.8. The number of Topliss-reactive ketones (excluding diaryl/α,β-unsaturated/α-hetero) is 1. The first-order valence-electron chi connectivity index (χ1n) is 13.4. The zero-order valence-corrected chi connectivity index (χ0v) is 21.8. The van der Waals surface area contributed by atoms with Crippen LogP contribution >= 0.6 is 0 Å². The van der Waals surface area contributed by atoms with Gasteiger partial charge in [0, 0.05) is 11.8 Å². The van der Waals surface area contributed by atoms with Crippen molar-refractivity contribution in [2.75, 3.05) is 0 Å². The molecule has 0 aromatic carbocycles. The molecule has 0 N–H and O–H groups in total. The molecule has 0 unspecified atom stereocenters. The maximum atomic E-state index is 12.8. The van der Waals surface area contributed by atoms with Crippen LogP contribution in [0.2, 0.25) is 0 Å². The van der Waals surface area contributed by atoms with E-state index in [9.17, 15) is 4.79 Å². The predicted molar refractivity (Wildman–Crippen MR) is 130 cm³/mol. The SMILES string of the molecule is CC1(C)CC[C@]2(C)CC[C@]3(C)C4=CC[C@H]5C(C)(C)C(=O)CC[C@]5(C)[C@H]4CC[C@@]3(C)[C@@H]2C1. The van der Waals surface area contributed by atoms with Crippen molar-refractivity contribution in [2.45, 2.75) is 120 Å². The number of ketones is 1. The number of carbonyl (C=O) groups is 1. The Bertz CT molecular complexity index is 831. The smallest absolute Gasteiger partial charge is 0.138 e. The molecular weight excluding hydrogens is 376 g/mol. The molecule has 0 radical (unpaired) electrons. The van der Waals surface area contributed by atoms with Gasteiger partial charge in [0.15, 0.2) is 0 Å². The summed E-state index contributed by atoms with van der Waals surface area (Å²) in [4.78, 5) is 12.8. The van der Waals surface area contributed by atoms with Crippen molar-refractivity contribution in [3.63, 3.8) is 0 Å². The highest BCUT2D eigenvalue weighted by Crippen LogP contribution is 2.75.